The van der Waals surface area contributed by atoms with Crippen LogP contribution < -0.4 is 5.32 Å². The quantitative estimate of drug-likeness (QED) is 0.452. The van der Waals surface area contributed by atoms with Crippen molar-refractivity contribution in [2.45, 2.75) is 39.7 Å². The number of carbonyl (C=O) groups is 5. The summed E-state index contributed by atoms with van der Waals surface area (Å²) in [6.45, 7) is 3.47. The van der Waals surface area contributed by atoms with Gasteiger partial charge < -0.3 is 14.8 Å². The summed E-state index contributed by atoms with van der Waals surface area (Å²) in [6, 6.07) is -0.500. The lowest BCUT2D eigenvalue weighted by Gasteiger charge is -2.14. The van der Waals surface area contributed by atoms with E-state index in [-0.39, 0.29) is 31.0 Å². The molecule has 0 saturated carbocycles. The average Bonchev–Trinajstić information content (AvgIpc) is 2.32. The number of Topliss-reactive ketones (excluding diaryl/α,β-unsaturated/α-hetero) is 2. The number of nitrogens with one attached hydrogen (secondary N) is 1. The zero-order valence-corrected chi connectivity index (χ0v) is 12.3. The summed E-state index contributed by atoms with van der Waals surface area (Å²) in [4.78, 5) is 54.8. The highest BCUT2D eigenvalue weighted by Crippen LogP contribution is 1.92. The summed E-state index contributed by atoms with van der Waals surface area (Å²) in [6.07, 6.45) is -0.700. The topological polar surface area (TPSA) is 116 Å². The maximum absolute atomic E-state index is 11.4. The van der Waals surface area contributed by atoms with Gasteiger partial charge in [0.1, 0.15) is 31.0 Å². The molecule has 0 aromatic rings. The highest BCUT2D eigenvalue weighted by Gasteiger charge is 2.13. The van der Waals surface area contributed by atoms with Crippen molar-refractivity contribution in [1.29, 1.82) is 0 Å². The van der Waals surface area contributed by atoms with Crippen LogP contribution in [-0.4, -0.2) is 48.7 Å². The number of esters is 2. The normalized spacial score (nSPS) is 11.2. The van der Waals surface area contributed by atoms with Crippen molar-refractivity contribution in [3.63, 3.8) is 0 Å². The Morgan fingerprint density at radius 2 is 1.38 bits per heavy atom. The van der Waals surface area contributed by atoms with Gasteiger partial charge in [0.05, 0.1) is 6.04 Å². The van der Waals surface area contributed by atoms with E-state index in [0.717, 1.165) is 0 Å². The minimum Gasteiger partial charge on any atom is -0.463 e. The second kappa shape index (κ2) is 9.62. The summed E-state index contributed by atoms with van der Waals surface area (Å²) < 4.78 is 9.34. The molecule has 0 saturated heterocycles. The molecule has 1 amide bonds. The highest BCUT2D eigenvalue weighted by molar-refractivity contribution is 5.95. The van der Waals surface area contributed by atoms with Crippen LogP contribution in [0, 0.1) is 0 Å². The molecular formula is C13H19NO7. The van der Waals surface area contributed by atoms with Gasteiger partial charge in [0.25, 0.3) is 5.91 Å². The Morgan fingerprint density at radius 1 is 0.905 bits per heavy atom. The summed E-state index contributed by atoms with van der Waals surface area (Å²) in [7, 11) is 0. The fourth-order valence-corrected chi connectivity index (χ4v) is 1.23. The lowest BCUT2D eigenvalue weighted by Crippen LogP contribution is -2.39. The molecule has 0 bridgehead atoms. The van der Waals surface area contributed by atoms with E-state index < -0.39 is 30.5 Å². The Kier molecular flexibility index (Phi) is 8.59. The van der Waals surface area contributed by atoms with Gasteiger partial charge in [-0.2, -0.15) is 0 Å². The third-order valence-electron chi connectivity index (χ3n) is 2.05. The first-order valence-electron chi connectivity index (χ1n) is 6.30. The molecule has 0 fully saturated rings. The molecule has 21 heavy (non-hydrogen) atoms. The molecular weight excluding hydrogens is 282 g/mol. The third kappa shape index (κ3) is 11.3. The number of carbonyl (C=O) groups excluding carboxylic acids is 5. The van der Waals surface area contributed by atoms with Crippen LogP contribution in [0.4, 0.5) is 0 Å². The molecule has 0 aromatic carbocycles. The predicted molar refractivity (Wildman–Crippen MR) is 70.1 cm³/mol. The molecule has 1 N–H and O–H groups in total. The molecule has 0 aliphatic rings. The summed E-state index contributed by atoms with van der Waals surface area (Å²) in [5.41, 5.74) is 0. The molecule has 0 rings (SSSR count). The third-order valence-corrected chi connectivity index (χ3v) is 2.05. The minimum atomic E-state index is -0.779. The van der Waals surface area contributed by atoms with Crippen molar-refractivity contribution in [2.24, 2.45) is 0 Å². The smallest absolute Gasteiger partial charge is 0.313 e. The summed E-state index contributed by atoms with van der Waals surface area (Å²) in [5, 5.41) is 2.43. The molecule has 0 aliphatic heterocycles. The Labute approximate surface area is 122 Å². The molecule has 0 aliphatic carbocycles. The predicted octanol–water partition coefficient (Wildman–Crippen LogP) is -0.464. The van der Waals surface area contributed by atoms with E-state index in [1.54, 1.807) is 6.92 Å². The van der Waals surface area contributed by atoms with Crippen LogP contribution in [-0.2, 0) is 33.4 Å². The number of rotatable bonds is 9. The lowest BCUT2D eigenvalue weighted by molar-refractivity contribution is -0.150. The highest BCUT2D eigenvalue weighted by atomic mass is 16.5. The number of hydrogen-bond acceptors (Lipinski definition) is 7. The van der Waals surface area contributed by atoms with Gasteiger partial charge in [-0.05, 0) is 20.8 Å². The zero-order chi connectivity index (χ0) is 16.4. The van der Waals surface area contributed by atoms with Gasteiger partial charge in [0, 0.05) is 0 Å². The largest absolute Gasteiger partial charge is 0.463 e. The maximum atomic E-state index is 11.4. The van der Waals surface area contributed by atoms with Gasteiger partial charge in [-0.3, -0.25) is 24.0 Å². The first-order valence-corrected chi connectivity index (χ1v) is 6.30. The first kappa shape index (κ1) is 18.8. The molecule has 118 valence electrons. The van der Waals surface area contributed by atoms with Crippen LogP contribution in [0.1, 0.15) is 33.6 Å². The van der Waals surface area contributed by atoms with E-state index in [1.807, 2.05) is 0 Å². The van der Waals surface area contributed by atoms with Gasteiger partial charge in [0.2, 0.25) is 0 Å². The van der Waals surface area contributed by atoms with Crippen LogP contribution in [0.25, 0.3) is 0 Å². The van der Waals surface area contributed by atoms with Crippen LogP contribution in [0.3, 0.4) is 0 Å². The monoisotopic (exact) mass is 301 g/mol. The van der Waals surface area contributed by atoms with E-state index in [4.69, 9.17) is 4.74 Å². The second-order valence-corrected chi connectivity index (χ2v) is 4.57. The maximum Gasteiger partial charge on any atom is 0.313 e. The first-order chi connectivity index (χ1) is 9.70. The van der Waals surface area contributed by atoms with E-state index >= 15 is 0 Å². The van der Waals surface area contributed by atoms with Gasteiger partial charge in [0.15, 0.2) is 6.61 Å². The molecule has 1 atom stereocenters. The minimum absolute atomic E-state index is 0.0980. The van der Waals surface area contributed by atoms with Crippen LogP contribution in [0.2, 0.25) is 0 Å². The molecule has 8 heteroatoms. The molecule has 0 radical (unpaired) electrons. The van der Waals surface area contributed by atoms with Crippen molar-refractivity contribution in [1.82, 2.24) is 5.32 Å². The van der Waals surface area contributed by atoms with Crippen LogP contribution >= 0.6 is 0 Å². The molecule has 0 aromatic heterocycles. The summed E-state index contributed by atoms with van der Waals surface area (Å²) in [5.74, 6) is -2.70. The Hall–Kier alpha value is -2.25. The van der Waals surface area contributed by atoms with Gasteiger partial charge in [-0.15, -0.1) is 0 Å². The lowest BCUT2D eigenvalue weighted by atomic mass is 10.3. The average molecular weight is 301 g/mol. The van der Waals surface area contributed by atoms with E-state index in [2.05, 4.69) is 10.1 Å². The Bertz CT molecular complexity index is 430. The Balaban J connectivity index is 3.89. The van der Waals surface area contributed by atoms with E-state index in [0.29, 0.717) is 0 Å². The fraction of sp³-hybridized carbons (Fsp3) is 0.615. The second-order valence-electron chi connectivity index (χ2n) is 4.57. The SMILES string of the molecule is CC(=O)CC(=O)OCC(=O)NC(C)COC(=O)CC(C)=O. The zero-order valence-electron chi connectivity index (χ0n) is 12.3. The summed E-state index contributed by atoms with van der Waals surface area (Å²) >= 11 is 0. The van der Waals surface area contributed by atoms with Crippen molar-refractivity contribution >= 4 is 29.4 Å². The Morgan fingerprint density at radius 3 is 1.86 bits per heavy atom. The molecule has 0 heterocycles. The number of amides is 1. The number of hydrogen-bond donors (Lipinski definition) is 1. The fourth-order valence-electron chi connectivity index (χ4n) is 1.23. The van der Waals surface area contributed by atoms with Crippen molar-refractivity contribution in [3.05, 3.63) is 0 Å². The van der Waals surface area contributed by atoms with Gasteiger partial charge in [-0.25, -0.2) is 0 Å². The van der Waals surface area contributed by atoms with Crippen molar-refractivity contribution < 1.29 is 33.4 Å². The van der Waals surface area contributed by atoms with E-state index in [1.165, 1.54) is 13.8 Å². The number of ether oxygens (including phenoxy) is 2. The number of ketones is 2. The van der Waals surface area contributed by atoms with Gasteiger partial charge >= 0.3 is 11.9 Å². The van der Waals surface area contributed by atoms with Crippen molar-refractivity contribution in [3.8, 4) is 0 Å². The van der Waals surface area contributed by atoms with Gasteiger partial charge in [-0.1, -0.05) is 0 Å². The molecule has 1 unspecified atom stereocenters. The molecule has 8 nitrogen and oxygen atoms in total. The standard InChI is InChI=1S/C13H19NO7/c1-8(6-20-12(18)4-9(2)15)14-11(17)7-21-13(19)5-10(3)16/h8H,4-7H2,1-3H3,(H,14,17). The van der Waals surface area contributed by atoms with Crippen molar-refractivity contribution in [2.75, 3.05) is 13.2 Å². The van der Waals surface area contributed by atoms with E-state index in [9.17, 15) is 24.0 Å². The van der Waals surface area contributed by atoms with Crippen LogP contribution in [0.15, 0.2) is 0 Å². The molecule has 0 spiro atoms. The van der Waals surface area contributed by atoms with Crippen LogP contribution in [0.5, 0.6) is 0 Å².